The molecule has 0 amide bonds. The molecule has 422 valence electrons. The molecule has 0 aromatic heterocycles. The number of ether oxygens (including phenoxy) is 6. The van der Waals surface area contributed by atoms with E-state index in [-0.39, 0.29) is 37.3 Å². The molecule has 84 heavy (non-hydrogen) atoms. The molecular formula is C77H72O7. The predicted octanol–water partition coefficient (Wildman–Crippen LogP) is 15.9. The lowest BCUT2D eigenvalue weighted by Gasteiger charge is -2.34. The highest BCUT2D eigenvalue weighted by molar-refractivity contribution is 5.87. The second kappa shape index (κ2) is 21.9. The predicted molar refractivity (Wildman–Crippen MR) is 334 cm³/mol. The quantitative estimate of drug-likeness (QED) is 0.0762. The Balaban J connectivity index is 0.714. The van der Waals surface area contributed by atoms with Gasteiger partial charge in [-0.2, -0.15) is 0 Å². The summed E-state index contributed by atoms with van der Waals surface area (Å²) in [7, 11) is 0. The lowest BCUT2D eigenvalue weighted by atomic mass is 9.69. The van der Waals surface area contributed by atoms with E-state index < -0.39 is 28.1 Å². The number of hydrogen-bond donors (Lipinski definition) is 1. The maximum atomic E-state index is 11.6. The van der Waals surface area contributed by atoms with Crippen molar-refractivity contribution in [1.29, 1.82) is 0 Å². The number of fused-ring (bicyclic) bond motifs is 4. The smallest absolute Gasteiger partial charge is 0.119 e. The molecular weight excluding hydrogens is 1040 g/mol. The molecule has 2 aliphatic carbocycles. The van der Waals surface area contributed by atoms with Gasteiger partial charge in [-0.1, -0.05) is 194 Å². The maximum Gasteiger partial charge on any atom is 0.119 e. The third-order valence-corrected chi connectivity index (χ3v) is 18.7. The zero-order chi connectivity index (χ0) is 57.0. The molecule has 0 saturated carbocycles. The first kappa shape index (κ1) is 54.1. The van der Waals surface area contributed by atoms with Gasteiger partial charge in [0.05, 0.1) is 37.6 Å². The summed E-state index contributed by atoms with van der Waals surface area (Å²) in [5.41, 5.74) is 12.8. The van der Waals surface area contributed by atoms with Crippen LogP contribution in [0.5, 0.6) is 11.5 Å². The van der Waals surface area contributed by atoms with Crippen molar-refractivity contribution in [3.63, 3.8) is 0 Å². The van der Waals surface area contributed by atoms with E-state index in [1.807, 2.05) is 0 Å². The van der Waals surface area contributed by atoms with Crippen LogP contribution in [0.1, 0.15) is 119 Å². The molecule has 14 rings (SSSR count). The van der Waals surface area contributed by atoms with E-state index in [0.717, 1.165) is 42.9 Å². The first-order chi connectivity index (χ1) is 40.9. The Kier molecular flexibility index (Phi) is 14.1. The molecule has 1 N–H and O–H groups in total. The molecule has 2 saturated heterocycles. The number of rotatable bonds is 20. The van der Waals surface area contributed by atoms with Gasteiger partial charge in [0.15, 0.2) is 0 Å². The van der Waals surface area contributed by atoms with Crippen LogP contribution in [-0.4, -0.2) is 63.1 Å². The monoisotopic (exact) mass is 1110 g/mol. The third kappa shape index (κ3) is 10.3. The fraction of sp³-hybridized carbons (Fsp3) is 0.273. The largest absolute Gasteiger partial charge is 0.491 e. The van der Waals surface area contributed by atoms with Gasteiger partial charge in [-0.3, -0.25) is 0 Å². The molecule has 2 aliphatic heterocycles. The van der Waals surface area contributed by atoms with Gasteiger partial charge in [-0.15, -0.1) is 0 Å². The number of aliphatic hydroxyl groups is 1. The first-order valence-corrected chi connectivity index (χ1v) is 30.0. The molecule has 0 bridgehead atoms. The Labute approximate surface area is 493 Å². The molecule has 7 atom stereocenters. The van der Waals surface area contributed by atoms with Crippen molar-refractivity contribution >= 4 is 21.5 Å². The summed E-state index contributed by atoms with van der Waals surface area (Å²) in [5.74, 6) is 1.88. The molecule has 2 fully saturated rings. The lowest BCUT2D eigenvalue weighted by Crippen LogP contribution is -2.31. The molecule has 10 aromatic carbocycles. The van der Waals surface area contributed by atoms with Crippen LogP contribution in [0.25, 0.3) is 21.5 Å². The van der Waals surface area contributed by atoms with E-state index in [1.54, 1.807) is 0 Å². The zero-order valence-electron chi connectivity index (χ0n) is 48.4. The Morgan fingerprint density at radius 3 is 1.23 bits per heavy atom. The van der Waals surface area contributed by atoms with Gasteiger partial charge in [0.2, 0.25) is 0 Å². The summed E-state index contributed by atoms with van der Waals surface area (Å²) >= 11 is 0. The van der Waals surface area contributed by atoms with Gasteiger partial charge in [0.25, 0.3) is 0 Å². The standard InChI is InChI=1S/C77H72O7/c1-74(2,57-23-27-59(28-24-57)77(62-33-37-65(38-34-62)80-47-66-48-81-66)44-71(52-17-9-6-10-18-52)69-40-54-20-12-14-22-56(54)42-73(69)77)83-46-63(78)45-79-64-35-31-61(32-36-64)76(60-29-25-58(26-30-60)75(3,4)84-50-67-49-82-67)43-70(51-15-7-5-8-16-51)68-39-53-19-11-13-21-55(53)41-72(68)76/h5-42,63,66-67,70-71,78H,43-50H2,1-4H3. The van der Waals surface area contributed by atoms with Crippen molar-refractivity contribution in [2.45, 2.75) is 92.7 Å². The van der Waals surface area contributed by atoms with Gasteiger partial charge in [0, 0.05) is 22.7 Å². The van der Waals surface area contributed by atoms with Crippen LogP contribution >= 0.6 is 0 Å². The van der Waals surface area contributed by atoms with Gasteiger partial charge in [-0.25, -0.2) is 0 Å². The number of benzene rings is 10. The molecule has 10 aromatic rings. The second-order valence-corrected chi connectivity index (χ2v) is 24.8. The number of hydrogen-bond acceptors (Lipinski definition) is 7. The van der Waals surface area contributed by atoms with Crippen molar-refractivity contribution in [3.05, 3.63) is 297 Å². The van der Waals surface area contributed by atoms with Gasteiger partial charge in [0.1, 0.15) is 43.0 Å². The van der Waals surface area contributed by atoms with E-state index in [4.69, 9.17) is 28.4 Å². The summed E-state index contributed by atoms with van der Waals surface area (Å²) in [6, 6.07) is 84.5. The second-order valence-electron chi connectivity index (χ2n) is 24.8. The molecule has 0 spiro atoms. The fourth-order valence-electron chi connectivity index (χ4n) is 13.8. The van der Waals surface area contributed by atoms with E-state index >= 15 is 0 Å². The Morgan fingerprint density at radius 1 is 0.429 bits per heavy atom. The summed E-state index contributed by atoms with van der Waals surface area (Å²) in [6.45, 7) is 11.3. The summed E-state index contributed by atoms with van der Waals surface area (Å²) in [6.07, 6.45) is 1.23. The van der Waals surface area contributed by atoms with Gasteiger partial charge >= 0.3 is 0 Å². The molecule has 4 aliphatic rings. The van der Waals surface area contributed by atoms with Crippen LogP contribution in [0, 0.1) is 0 Å². The highest BCUT2D eigenvalue weighted by Gasteiger charge is 2.49. The van der Waals surface area contributed by atoms with Crippen molar-refractivity contribution in [3.8, 4) is 11.5 Å². The molecule has 0 radical (unpaired) electrons. The van der Waals surface area contributed by atoms with Crippen molar-refractivity contribution < 1.29 is 33.5 Å². The van der Waals surface area contributed by atoms with Crippen molar-refractivity contribution in [2.75, 3.05) is 39.6 Å². The van der Waals surface area contributed by atoms with Gasteiger partial charge < -0.3 is 33.5 Å². The highest BCUT2D eigenvalue weighted by atomic mass is 16.6. The average Bonchev–Trinajstić information content (AvgIpc) is 2.67. The third-order valence-electron chi connectivity index (χ3n) is 18.7. The Morgan fingerprint density at radius 2 is 0.798 bits per heavy atom. The summed E-state index contributed by atoms with van der Waals surface area (Å²) in [4.78, 5) is 0. The zero-order valence-corrected chi connectivity index (χ0v) is 48.4. The molecule has 7 unspecified atom stereocenters. The SMILES string of the molecule is CC(C)(OCC(O)COc1ccc(C2(c3ccc(C(C)(C)OCC4CO4)cc3)CC(c3ccccc3)c3cc4ccccc4cc32)cc1)c1ccc(C2(c3ccc(OCC4CO4)cc3)CC(c3ccccc3)c3cc4ccccc4cc32)cc1. The number of epoxide rings is 2. The minimum Gasteiger partial charge on any atom is -0.491 e. The fourth-order valence-corrected chi connectivity index (χ4v) is 13.8. The molecule has 7 nitrogen and oxygen atoms in total. The first-order valence-electron chi connectivity index (χ1n) is 30.0. The van der Waals surface area contributed by atoms with Gasteiger partial charge in [-0.05, 0) is 165 Å². The summed E-state index contributed by atoms with van der Waals surface area (Å²) < 4.78 is 36.5. The van der Waals surface area contributed by atoms with Crippen LogP contribution in [0.4, 0.5) is 0 Å². The molecule has 2 heterocycles. The van der Waals surface area contributed by atoms with Crippen LogP contribution in [0.2, 0.25) is 0 Å². The lowest BCUT2D eigenvalue weighted by molar-refractivity contribution is -0.0717. The van der Waals surface area contributed by atoms with E-state index in [9.17, 15) is 5.11 Å². The van der Waals surface area contributed by atoms with Crippen LogP contribution < -0.4 is 9.47 Å². The highest BCUT2D eigenvalue weighted by Crippen LogP contribution is 2.59. The van der Waals surface area contributed by atoms with E-state index in [0.29, 0.717) is 19.0 Å². The van der Waals surface area contributed by atoms with E-state index in [1.165, 1.54) is 77.2 Å². The summed E-state index contributed by atoms with van der Waals surface area (Å²) in [5, 5.41) is 16.5. The van der Waals surface area contributed by atoms with Crippen LogP contribution in [0.3, 0.4) is 0 Å². The topological polar surface area (TPSA) is 82.2 Å². The Bertz CT molecular complexity index is 3940. The normalized spacial score (nSPS) is 21.9. The van der Waals surface area contributed by atoms with Crippen molar-refractivity contribution in [1.82, 2.24) is 0 Å². The maximum absolute atomic E-state index is 11.6. The van der Waals surface area contributed by atoms with Crippen molar-refractivity contribution in [2.24, 2.45) is 0 Å². The van der Waals surface area contributed by atoms with Crippen LogP contribution in [0.15, 0.2) is 231 Å². The Hall–Kier alpha value is -7.88. The van der Waals surface area contributed by atoms with Crippen LogP contribution in [-0.2, 0) is 41.0 Å². The number of aliphatic hydroxyl groups excluding tert-OH is 1. The average molecular weight is 1110 g/mol. The molecule has 7 heteroatoms. The minimum absolute atomic E-state index is 0.0774. The minimum atomic E-state index is -0.869. The van der Waals surface area contributed by atoms with E-state index in [2.05, 4.69) is 258 Å².